The first-order valence-electron chi connectivity index (χ1n) is 6.40. The fourth-order valence-corrected chi connectivity index (χ4v) is 1.11. The maximum atomic E-state index is 5.40. The van der Waals surface area contributed by atoms with E-state index in [0.29, 0.717) is 46.2 Å². The van der Waals surface area contributed by atoms with Crippen LogP contribution in [0.15, 0.2) is 11.8 Å². The first kappa shape index (κ1) is 17.4. The molecule has 0 aromatic heterocycles. The molecule has 5 heteroatoms. The lowest BCUT2D eigenvalue weighted by Gasteiger charge is -2.08. The second-order valence-electron chi connectivity index (χ2n) is 3.73. The van der Waals surface area contributed by atoms with Gasteiger partial charge in [0.15, 0.2) is 0 Å². The smallest absolute Gasteiger partial charge is 0.0701 e. The number of ether oxygens (including phenoxy) is 4. The van der Waals surface area contributed by atoms with E-state index in [2.05, 4.69) is 5.32 Å². The minimum absolute atomic E-state index is 0.600. The van der Waals surface area contributed by atoms with Crippen LogP contribution in [0.5, 0.6) is 0 Å². The summed E-state index contributed by atoms with van der Waals surface area (Å²) in [7, 11) is 1.66. The van der Waals surface area contributed by atoms with Gasteiger partial charge in [-0.15, -0.1) is 0 Å². The number of hydrogen-bond acceptors (Lipinski definition) is 5. The zero-order valence-corrected chi connectivity index (χ0v) is 11.9. The van der Waals surface area contributed by atoms with Gasteiger partial charge in [0.25, 0.3) is 0 Å². The molecule has 108 valence electrons. The van der Waals surface area contributed by atoms with Crippen molar-refractivity contribution in [2.24, 2.45) is 0 Å². The number of methoxy groups -OCH3 is 1. The average Bonchev–Trinajstić information content (AvgIpc) is 2.39. The maximum Gasteiger partial charge on any atom is 0.0701 e. The van der Waals surface area contributed by atoms with Crippen LogP contribution in [0.3, 0.4) is 0 Å². The van der Waals surface area contributed by atoms with E-state index < -0.39 is 0 Å². The van der Waals surface area contributed by atoms with Crippen molar-refractivity contribution >= 4 is 0 Å². The van der Waals surface area contributed by atoms with E-state index in [1.54, 1.807) is 7.11 Å². The quantitative estimate of drug-likeness (QED) is 0.505. The Morgan fingerprint density at radius 2 is 1.39 bits per heavy atom. The zero-order chi connectivity index (χ0) is 13.5. The lowest BCUT2D eigenvalue weighted by molar-refractivity contribution is 0.00426. The summed E-state index contributed by atoms with van der Waals surface area (Å²) in [5, 5.41) is 3.23. The zero-order valence-electron chi connectivity index (χ0n) is 11.9. The Morgan fingerprint density at radius 3 is 1.89 bits per heavy atom. The molecule has 0 saturated carbocycles. The number of allylic oxidation sites excluding steroid dienone is 2. The van der Waals surface area contributed by atoms with Crippen molar-refractivity contribution in [1.82, 2.24) is 5.32 Å². The van der Waals surface area contributed by atoms with Crippen molar-refractivity contribution in [2.75, 3.05) is 59.9 Å². The first-order chi connectivity index (χ1) is 8.81. The van der Waals surface area contributed by atoms with Crippen molar-refractivity contribution in [3.05, 3.63) is 11.8 Å². The molecular weight excluding hydrogens is 234 g/mol. The van der Waals surface area contributed by atoms with Crippen LogP contribution in [0.4, 0.5) is 0 Å². The summed E-state index contributed by atoms with van der Waals surface area (Å²) in [5.74, 6) is 0. The van der Waals surface area contributed by atoms with Crippen LogP contribution in [0.1, 0.15) is 13.8 Å². The van der Waals surface area contributed by atoms with Crippen LogP contribution >= 0.6 is 0 Å². The van der Waals surface area contributed by atoms with Crippen LogP contribution in [-0.2, 0) is 18.9 Å². The summed E-state index contributed by atoms with van der Waals surface area (Å²) < 4.78 is 20.8. The molecule has 0 aliphatic carbocycles. The van der Waals surface area contributed by atoms with Gasteiger partial charge in [0.1, 0.15) is 0 Å². The van der Waals surface area contributed by atoms with Gasteiger partial charge in [-0.25, -0.2) is 0 Å². The largest absolute Gasteiger partial charge is 0.387 e. The highest BCUT2D eigenvalue weighted by atomic mass is 16.6. The molecule has 0 atom stereocenters. The molecule has 0 heterocycles. The Morgan fingerprint density at radius 1 is 0.889 bits per heavy atom. The third-order valence-electron chi connectivity index (χ3n) is 2.26. The van der Waals surface area contributed by atoms with E-state index in [1.165, 1.54) is 5.70 Å². The van der Waals surface area contributed by atoms with Gasteiger partial charge in [-0.1, -0.05) is 6.08 Å². The SMILES string of the molecule is C/C=C(\C)NCCOCCOCCOCCOC. The molecule has 0 aliphatic heterocycles. The summed E-state index contributed by atoms with van der Waals surface area (Å²) in [4.78, 5) is 0. The summed E-state index contributed by atoms with van der Waals surface area (Å²) in [6, 6.07) is 0. The Hall–Kier alpha value is -0.620. The lowest BCUT2D eigenvalue weighted by Crippen LogP contribution is -2.19. The van der Waals surface area contributed by atoms with E-state index >= 15 is 0 Å². The second-order valence-corrected chi connectivity index (χ2v) is 3.73. The fraction of sp³-hybridized carbons (Fsp3) is 0.846. The topological polar surface area (TPSA) is 49.0 Å². The number of rotatable bonds is 13. The molecule has 0 aromatic carbocycles. The predicted molar refractivity (Wildman–Crippen MR) is 71.8 cm³/mol. The molecule has 0 unspecified atom stereocenters. The van der Waals surface area contributed by atoms with Gasteiger partial charge < -0.3 is 24.3 Å². The molecule has 18 heavy (non-hydrogen) atoms. The van der Waals surface area contributed by atoms with Gasteiger partial charge in [0, 0.05) is 19.4 Å². The minimum atomic E-state index is 0.600. The van der Waals surface area contributed by atoms with Crippen molar-refractivity contribution in [1.29, 1.82) is 0 Å². The van der Waals surface area contributed by atoms with E-state index in [4.69, 9.17) is 18.9 Å². The molecule has 1 N–H and O–H groups in total. The Labute approximate surface area is 110 Å². The van der Waals surface area contributed by atoms with Crippen molar-refractivity contribution in [3.63, 3.8) is 0 Å². The molecule has 0 aliphatic rings. The number of nitrogens with one attached hydrogen (secondary N) is 1. The normalized spacial score (nSPS) is 11.8. The third-order valence-corrected chi connectivity index (χ3v) is 2.26. The van der Waals surface area contributed by atoms with Crippen LogP contribution in [0, 0.1) is 0 Å². The van der Waals surface area contributed by atoms with Gasteiger partial charge in [-0.2, -0.15) is 0 Å². The predicted octanol–water partition coefficient (Wildman–Crippen LogP) is 1.20. The lowest BCUT2D eigenvalue weighted by atomic mass is 10.4. The van der Waals surface area contributed by atoms with Crippen LogP contribution < -0.4 is 5.32 Å². The van der Waals surface area contributed by atoms with Gasteiger partial charge in [-0.3, -0.25) is 0 Å². The van der Waals surface area contributed by atoms with Crippen molar-refractivity contribution < 1.29 is 18.9 Å². The second kappa shape index (κ2) is 14.4. The summed E-state index contributed by atoms with van der Waals surface area (Å²) >= 11 is 0. The molecular formula is C13H27NO4. The van der Waals surface area contributed by atoms with E-state index in [9.17, 15) is 0 Å². The highest BCUT2D eigenvalue weighted by Crippen LogP contribution is 1.84. The highest BCUT2D eigenvalue weighted by Gasteiger charge is 1.92. The van der Waals surface area contributed by atoms with Gasteiger partial charge >= 0.3 is 0 Å². The molecule has 0 rings (SSSR count). The maximum absolute atomic E-state index is 5.40. The molecule has 0 saturated heterocycles. The van der Waals surface area contributed by atoms with E-state index in [1.807, 2.05) is 19.9 Å². The summed E-state index contributed by atoms with van der Waals surface area (Å²) in [6.07, 6.45) is 2.03. The number of hydrogen-bond donors (Lipinski definition) is 1. The Bertz CT molecular complexity index is 197. The van der Waals surface area contributed by atoms with Crippen LogP contribution in [0.2, 0.25) is 0 Å². The fourth-order valence-electron chi connectivity index (χ4n) is 1.11. The average molecular weight is 261 g/mol. The van der Waals surface area contributed by atoms with Gasteiger partial charge in [0.05, 0.1) is 46.2 Å². The van der Waals surface area contributed by atoms with Crippen molar-refractivity contribution in [3.8, 4) is 0 Å². The molecule has 0 radical (unpaired) electrons. The standard InChI is InChI=1S/C13H27NO4/c1-4-13(2)14-5-6-16-9-10-18-12-11-17-8-7-15-3/h4,14H,5-12H2,1-3H3/b13-4+. The molecule has 0 spiro atoms. The summed E-state index contributed by atoms with van der Waals surface area (Å²) in [6.45, 7) is 9.24. The Kier molecular flexibility index (Phi) is 13.9. The highest BCUT2D eigenvalue weighted by molar-refractivity contribution is 4.91. The monoisotopic (exact) mass is 261 g/mol. The van der Waals surface area contributed by atoms with E-state index in [-0.39, 0.29) is 0 Å². The molecule has 0 bridgehead atoms. The first-order valence-corrected chi connectivity index (χ1v) is 6.40. The Balaban J connectivity index is 2.99. The van der Waals surface area contributed by atoms with Gasteiger partial charge in [-0.05, 0) is 13.8 Å². The van der Waals surface area contributed by atoms with E-state index in [0.717, 1.165) is 6.54 Å². The molecule has 5 nitrogen and oxygen atoms in total. The van der Waals surface area contributed by atoms with Gasteiger partial charge in [0.2, 0.25) is 0 Å². The molecule has 0 amide bonds. The van der Waals surface area contributed by atoms with Crippen LogP contribution in [-0.4, -0.2) is 59.9 Å². The minimum Gasteiger partial charge on any atom is -0.387 e. The van der Waals surface area contributed by atoms with Crippen LogP contribution in [0.25, 0.3) is 0 Å². The third kappa shape index (κ3) is 13.4. The molecule has 0 aromatic rings. The molecule has 0 fully saturated rings. The summed E-state index contributed by atoms with van der Waals surface area (Å²) in [5.41, 5.74) is 1.17. The van der Waals surface area contributed by atoms with Crippen molar-refractivity contribution in [2.45, 2.75) is 13.8 Å².